The molecule has 7 aromatic carbocycles. The molecule has 7 heterocycles. The lowest BCUT2D eigenvalue weighted by molar-refractivity contribution is 1.21. The van der Waals surface area contributed by atoms with Crippen LogP contribution in [0.5, 0.6) is 0 Å². The molecule has 0 saturated carbocycles. The molecule has 0 atom stereocenters. The van der Waals surface area contributed by atoms with Crippen LogP contribution in [-0.4, -0.2) is 34.9 Å². The van der Waals surface area contributed by atoms with E-state index in [1.165, 1.54) is 89.0 Å². The van der Waals surface area contributed by atoms with Gasteiger partial charge < -0.3 is 0 Å². The number of aryl methyl sites for hydroxylation is 7. The third-order valence-corrected chi connectivity index (χ3v) is 14.2. The average Bonchev–Trinajstić information content (AvgIpc) is 0.841. The summed E-state index contributed by atoms with van der Waals surface area (Å²) >= 11 is 0. The first-order chi connectivity index (χ1) is 65.6. The van der Waals surface area contributed by atoms with Crippen LogP contribution < -0.4 is 0 Å². The Hall–Kier alpha value is -11.4. The predicted octanol–water partition coefficient (Wildman–Crippen LogP) is 42.9. The number of benzene rings is 7. The van der Waals surface area contributed by atoms with Gasteiger partial charge in [0.1, 0.15) is 0 Å². The van der Waals surface area contributed by atoms with E-state index in [0.29, 0.717) is 0 Å². The highest BCUT2D eigenvalue weighted by molar-refractivity contribution is 5.67. The van der Waals surface area contributed by atoms with Gasteiger partial charge in [-0.3, -0.25) is 34.9 Å². The molecule has 0 radical (unpaired) electrons. The molecule has 7 nitrogen and oxygen atoms in total. The van der Waals surface area contributed by atoms with Crippen molar-refractivity contribution in [2.45, 2.75) is 339 Å². The van der Waals surface area contributed by atoms with Crippen LogP contribution >= 0.6 is 0 Å². The summed E-state index contributed by atoms with van der Waals surface area (Å²) in [6, 6.07) is 96.5. The Morgan fingerprint density at radius 1 is 0.158 bits per heavy atom. The number of hydrogen-bond donors (Lipinski definition) is 0. The molecule has 0 spiro atoms. The van der Waals surface area contributed by atoms with E-state index >= 15 is 0 Å². The van der Waals surface area contributed by atoms with Crippen molar-refractivity contribution < 1.29 is 0 Å². The smallest absolute Gasteiger partial charge is 0.0731 e. The molecule has 133 heavy (non-hydrogen) atoms. The Morgan fingerprint density at radius 3 is 0.774 bits per heavy atom. The fraction of sp³-hybridized carbons (Fsp3) is 0.389. The summed E-state index contributed by atoms with van der Waals surface area (Å²) in [6.45, 7) is 98.5. The van der Waals surface area contributed by atoms with Crippen molar-refractivity contribution in [3.05, 3.63) is 380 Å². The quantitative estimate of drug-likeness (QED) is 0.157. The van der Waals surface area contributed by atoms with E-state index in [1.807, 2.05) is 469 Å². The van der Waals surface area contributed by atoms with Crippen molar-refractivity contribution in [2.24, 2.45) is 0 Å². The van der Waals surface area contributed by atoms with Crippen molar-refractivity contribution in [3.63, 3.8) is 0 Å². The van der Waals surface area contributed by atoms with E-state index in [4.69, 9.17) is 0 Å². The number of aromatic nitrogens is 7. The lowest BCUT2D eigenvalue weighted by Gasteiger charge is -2.03. The molecule has 14 aromatic rings. The second-order valence-electron chi connectivity index (χ2n) is 21.5. The zero-order valence-corrected chi connectivity index (χ0v) is 95.0. The molecule has 0 aliphatic carbocycles. The van der Waals surface area contributed by atoms with E-state index in [0.717, 1.165) is 28.5 Å². The van der Waals surface area contributed by atoms with E-state index in [-0.39, 0.29) is 0 Å². The molecule has 0 saturated heterocycles. The van der Waals surface area contributed by atoms with Gasteiger partial charge in [0.25, 0.3) is 0 Å². The van der Waals surface area contributed by atoms with Crippen molar-refractivity contribution in [1.82, 2.24) is 34.9 Å². The minimum absolute atomic E-state index is 1.03. The van der Waals surface area contributed by atoms with Crippen molar-refractivity contribution in [1.29, 1.82) is 0 Å². The zero-order chi connectivity index (χ0) is 106. The van der Waals surface area contributed by atoms with Gasteiger partial charge in [0.15, 0.2) is 0 Å². The van der Waals surface area contributed by atoms with Crippen LogP contribution in [0.2, 0.25) is 0 Å². The molecule has 0 amide bonds. The predicted molar refractivity (Wildman–Crippen MR) is 619 cm³/mol. The summed E-state index contributed by atoms with van der Waals surface area (Å²) in [5, 5.41) is 0. The normalized spacial score (nSPS) is 7.74. The molecule has 7 aromatic heterocycles. The van der Waals surface area contributed by atoms with Crippen LogP contribution in [0.25, 0.3) is 78.4 Å². The SMILES string of the molecule is CC.CC.CC.CC.CC.CC.CC.CC.CC.CC.CC.CC.CC.CC.CC.CC.CC.CC.CC.CC.CC.Cc1ccc(-c2ccccc2)nc1.Cc1ccc(-c2cccnc2)cc1.Cc1ccc(-c2cccnc2)cc1.Cc1cccc(-c2ccccc2)n1.Cc1ccccc1-c1cccnc1.Cc1cccnc1-c1ccccc1.Cc1ccnc(-c2ccccc2)c1. The average molecular weight is 1820 g/mol. The topological polar surface area (TPSA) is 90.2 Å². The molecule has 0 N–H and O–H groups in total. The van der Waals surface area contributed by atoms with Gasteiger partial charge in [0.05, 0.1) is 22.8 Å². The molecular formula is C126H203N7. The standard InChI is InChI=1S/7C12H11N.21C2H6/c2*1-10-4-6-11(7-5-10)12-3-2-8-13-9-12;1-10-5-2-3-7-12(10)11-6-4-8-13-9-11;1-10-6-5-9-13-12(10)11-7-3-2-4-8-11;1-10-6-5-9-12(13-10)11-7-3-2-4-8-11;1-10-7-8-13-12(9-10)11-5-3-2-4-6-11;1-10-7-8-12(13-9-10)11-5-3-2-4-6-11;21*1-2/h7*2-9H,1H3;21*1-2H3. The Kier molecular flexibility index (Phi) is 151. The summed E-state index contributed by atoms with van der Waals surface area (Å²) in [7, 11) is 0. The van der Waals surface area contributed by atoms with Crippen LogP contribution in [0.4, 0.5) is 0 Å². The van der Waals surface area contributed by atoms with E-state index in [9.17, 15) is 0 Å². The van der Waals surface area contributed by atoms with Gasteiger partial charge in [-0.2, -0.15) is 0 Å². The van der Waals surface area contributed by atoms with E-state index < -0.39 is 0 Å². The Balaban J connectivity index is -0.0000000969. The highest BCUT2D eigenvalue weighted by Gasteiger charge is 2.03. The Morgan fingerprint density at radius 2 is 0.459 bits per heavy atom. The molecule has 0 unspecified atom stereocenters. The molecule has 0 bridgehead atoms. The van der Waals surface area contributed by atoms with Gasteiger partial charge in [-0.15, -0.1) is 0 Å². The highest BCUT2D eigenvalue weighted by Crippen LogP contribution is 2.24. The monoisotopic (exact) mass is 1810 g/mol. The Bertz CT molecular complexity index is 3940. The first-order valence-corrected chi connectivity index (χ1v) is 51.4. The van der Waals surface area contributed by atoms with Gasteiger partial charge in [0.2, 0.25) is 0 Å². The number of pyridine rings is 7. The Labute approximate surface area is 827 Å². The number of nitrogens with zero attached hydrogens (tertiary/aromatic N) is 7. The fourth-order valence-corrected chi connectivity index (χ4v) is 9.23. The first kappa shape index (κ1) is 153. The molecule has 0 fully saturated rings. The minimum atomic E-state index is 1.03. The molecule has 14 rings (SSSR count). The van der Waals surface area contributed by atoms with E-state index in [2.05, 4.69) is 227 Å². The van der Waals surface area contributed by atoms with Crippen molar-refractivity contribution in [2.75, 3.05) is 0 Å². The molecule has 742 valence electrons. The zero-order valence-electron chi connectivity index (χ0n) is 95.0. The summed E-state index contributed by atoms with van der Waals surface area (Å²) in [4.78, 5) is 29.7. The second-order valence-corrected chi connectivity index (χ2v) is 21.5. The van der Waals surface area contributed by atoms with Crippen molar-refractivity contribution >= 4 is 0 Å². The first-order valence-electron chi connectivity index (χ1n) is 51.4. The maximum atomic E-state index is 4.44. The number of hydrogen-bond acceptors (Lipinski definition) is 7. The third-order valence-electron chi connectivity index (χ3n) is 14.2. The maximum absolute atomic E-state index is 4.44. The molecule has 0 aliphatic heterocycles. The minimum Gasteiger partial charge on any atom is -0.264 e. The van der Waals surface area contributed by atoms with Crippen LogP contribution in [0, 0.1) is 48.5 Å². The van der Waals surface area contributed by atoms with Gasteiger partial charge >= 0.3 is 0 Å². The van der Waals surface area contributed by atoms with Crippen LogP contribution in [0.15, 0.2) is 341 Å². The summed E-state index contributed by atoms with van der Waals surface area (Å²) in [6.07, 6.45) is 16.6. The lowest BCUT2D eigenvalue weighted by Crippen LogP contribution is -1.85. The molecular weight excluding hydrogens is 1610 g/mol. The molecule has 0 aliphatic rings. The van der Waals surface area contributed by atoms with Crippen LogP contribution in [-0.2, 0) is 0 Å². The van der Waals surface area contributed by atoms with Crippen LogP contribution in [0.1, 0.15) is 330 Å². The van der Waals surface area contributed by atoms with Gasteiger partial charge in [0, 0.05) is 89.3 Å². The summed E-state index contributed by atoms with van der Waals surface area (Å²) in [5.74, 6) is 0. The molecule has 7 heteroatoms. The van der Waals surface area contributed by atoms with Crippen molar-refractivity contribution in [3.8, 4) is 78.4 Å². The van der Waals surface area contributed by atoms with Gasteiger partial charge in [-0.05, 0) is 153 Å². The third kappa shape index (κ3) is 81.1. The van der Waals surface area contributed by atoms with Crippen LogP contribution in [0.3, 0.4) is 0 Å². The van der Waals surface area contributed by atoms with Gasteiger partial charge in [-0.1, -0.05) is 532 Å². The van der Waals surface area contributed by atoms with E-state index in [1.54, 1.807) is 18.6 Å². The highest BCUT2D eigenvalue weighted by atomic mass is 14.7. The maximum Gasteiger partial charge on any atom is 0.0731 e. The summed E-state index contributed by atoms with van der Waals surface area (Å²) in [5.41, 5.74) is 24.7. The number of rotatable bonds is 7. The summed E-state index contributed by atoms with van der Waals surface area (Å²) < 4.78 is 0. The lowest BCUT2D eigenvalue weighted by atomic mass is 10.0. The largest absolute Gasteiger partial charge is 0.264 e. The second kappa shape index (κ2) is 131. The van der Waals surface area contributed by atoms with Gasteiger partial charge in [-0.25, -0.2) is 0 Å². The fourth-order valence-electron chi connectivity index (χ4n) is 9.23.